The average molecular weight is 437 g/mol. The minimum Gasteiger partial charge on any atom is -0.489 e. The number of hydrogen-bond acceptors (Lipinski definition) is 7. The first-order chi connectivity index (χ1) is 15.5. The number of nitrogens with one attached hydrogen (secondary N) is 3. The monoisotopic (exact) mass is 436 g/mol. The third-order valence-corrected chi connectivity index (χ3v) is 6.11. The average Bonchev–Trinajstić information content (AvgIpc) is 3.37. The first-order valence-electron chi connectivity index (χ1n) is 10.8. The van der Waals surface area contributed by atoms with E-state index >= 15 is 0 Å². The lowest BCUT2D eigenvalue weighted by Crippen LogP contribution is -2.42. The van der Waals surface area contributed by atoms with Crippen LogP contribution < -0.4 is 10.1 Å². The number of anilines is 2. The molecule has 0 saturated heterocycles. The van der Waals surface area contributed by atoms with Crippen molar-refractivity contribution in [3.05, 3.63) is 35.9 Å². The van der Waals surface area contributed by atoms with E-state index in [0.29, 0.717) is 6.61 Å². The van der Waals surface area contributed by atoms with Gasteiger partial charge in [0, 0.05) is 37.8 Å². The topological polar surface area (TPSA) is 110 Å². The van der Waals surface area contributed by atoms with E-state index in [2.05, 4.69) is 30.5 Å². The highest BCUT2D eigenvalue weighted by Crippen LogP contribution is 2.39. The van der Waals surface area contributed by atoms with E-state index in [9.17, 15) is 0 Å². The van der Waals surface area contributed by atoms with Crippen LogP contribution in [0.3, 0.4) is 0 Å². The zero-order valence-corrected chi connectivity index (χ0v) is 18.8. The minimum atomic E-state index is -0.356. The van der Waals surface area contributed by atoms with Crippen LogP contribution in [0.2, 0.25) is 0 Å². The Labute approximate surface area is 185 Å². The lowest BCUT2D eigenvalue weighted by molar-refractivity contribution is -0.0721. The van der Waals surface area contributed by atoms with Gasteiger partial charge in [-0.1, -0.05) is 0 Å². The summed E-state index contributed by atoms with van der Waals surface area (Å²) in [6.07, 6.45) is 5.88. The fourth-order valence-corrected chi connectivity index (χ4v) is 4.57. The van der Waals surface area contributed by atoms with Gasteiger partial charge in [0.1, 0.15) is 23.5 Å². The summed E-state index contributed by atoms with van der Waals surface area (Å²) in [5.74, 6) is 1.46. The van der Waals surface area contributed by atoms with Crippen molar-refractivity contribution in [2.24, 2.45) is 0 Å². The molecule has 1 unspecified atom stereocenters. The van der Waals surface area contributed by atoms with Gasteiger partial charge in [0.15, 0.2) is 0 Å². The molecule has 0 fully saturated rings. The van der Waals surface area contributed by atoms with E-state index < -0.39 is 0 Å². The molecular weight excluding hydrogens is 408 g/mol. The van der Waals surface area contributed by atoms with Crippen molar-refractivity contribution in [3.8, 4) is 5.75 Å². The van der Waals surface area contributed by atoms with Crippen molar-refractivity contribution in [1.29, 1.82) is 0 Å². The van der Waals surface area contributed by atoms with Gasteiger partial charge >= 0.3 is 0 Å². The molecule has 0 radical (unpaired) electrons. The highest BCUT2D eigenvalue weighted by molar-refractivity contribution is 5.95. The first kappa shape index (κ1) is 20.7. The van der Waals surface area contributed by atoms with Crippen LogP contribution in [0, 0.1) is 0 Å². The summed E-state index contributed by atoms with van der Waals surface area (Å²) in [6.45, 7) is 4.55. The van der Waals surface area contributed by atoms with Crippen LogP contribution in [0.25, 0.3) is 21.9 Å². The molecule has 0 bridgehead atoms. The molecule has 3 heterocycles. The molecule has 32 heavy (non-hydrogen) atoms. The van der Waals surface area contributed by atoms with Gasteiger partial charge in [-0.25, -0.2) is 9.97 Å². The summed E-state index contributed by atoms with van der Waals surface area (Å²) in [5, 5.41) is 12.6. The summed E-state index contributed by atoms with van der Waals surface area (Å²) in [6, 6.07) is 3.98. The van der Waals surface area contributed by atoms with Crippen LogP contribution in [0.15, 0.2) is 24.7 Å². The van der Waals surface area contributed by atoms with Crippen LogP contribution in [-0.4, -0.2) is 57.7 Å². The quantitative estimate of drug-likeness (QED) is 0.403. The van der Waals surface area contributed by atoms with E-state index in [0.717, 1.165) is 58.5 Å². The summed E-state index contributed by atoms with van der Waals surface area (Å²) in [5.41, 5.74) is 4.55. The van der Waals surface area contributed by atoms with Gasteiger partial charge in [0.25, 0.3) is 0 Å². The smallest absolute Gasteiger partial charge is 0.145 e. The second-order valence-corrected chi connectivity index (χ2v) is 8.62. The molecule has 5 rings (SSSR count). The number of ether oxygens (including phenoxy) is 3. The van der Waals surface area contributed by atoms with Crippen molar-refractivity contribution in [2.45, 2.75) is 44.8 Å². The van der Waals surface area contributed by atoms with E-state index in [1.54, 1.807) is 26.7 Å². The van der Waals surface area contributed by atoms with Crippen LogP contribution >= 0.6 is 0 Å². The predicted molar refractivity (Wildman–Crippen MR) is 123 cm³/mol. The Kier molecular flexibility index (Phi) is 5.22. The maximum atomic E-state index is 6.09. The largest absolute Gasteiger partial charge is 0.489 e. The van der Waals surface area contributed by atoms with Gasteiger partial charge in [-0.2, -0.15) is 5.10 Å². The molecule has 1 aromatic carbocycles. The van der Waals surface area contributed by atoms with Crippen molar-refractivity contribution >= 4 is 33.4 Å². The summed E-state index contributed by atoms with van der Waals surface area (Å²) >= 11 is 0. The Hall–Kier alpha value is -3.17. The molecule has 168 valence electrons. The fraction of sp³-hybridized carbons (Fsp3) is 0.435. The molecule has 0 spiro atoms. The van der Waals surface area contributed by atoms with E-state index in [4.69, 9.17) is 14.2 Å². The fourth-order valence-electron chi connectivity index (χ4n) is 4.57. The molecule has 9 nitrogen and oxygen atoms in total. The Morgan fingerprint density at radius 3 is 2.88 bits per heavy atom. The van der Waals surface area contributed by atoms with Crippen molar-refractivity contribution in [3.63, 3.8) is 0 Å². The molecule has 0 saturated carbocycles. The lowest BCUT2D eigenvalue weighted by Gasteiger charge is -2.35. The molecule has 0 amide bonds. The number of rotatable bonds is 7. The third kappa shape index (κ3) is 3.57. The number of aromatic nitrogens is 5. The Balaban J connectivity index is 1.60. The highest BCUT2D eigenvalue weighted by Gasteiger charge is 2.37. The molecule has 1 atom stereocenters. The Bertz CT molecular complexity index is 1260. The molecule has 1 aliphatic rings. The summed E-state index contributed by atoms with van der Waals surface area (Å²) < 4.78 is 17.5. The van der Waals surface area contributed by atoms with Gasteiger partial charge in [0.05, 0.1) is 41.1 Å². The van der Waals surface area contributed by atoms with Gasteiger partial charge in [-0.15, -0.1) is 0 Å². The zero-order chi connectivity index (χ0) is 22.3. The maximum absolute atomic E-state index is 6.09. The van der Waals surface area contributed by atoms with Crippen molar-refractivity contribution in [2.75, 3.05) is 26.1 Å². The SMILES string of the molecule is COCC1(OC)CCc2[nH]c3ncnc(Nc4cc5cn[nH]c5cc4OC(C)C)c3c2C1. The zero-order valence-electron chi connectivity index (χ0n) is 18.8. The number of fused-ring (bicyclic) bond motifs is 4. The second-order valence-electron chi connectivity index (χ2n) is 8.62. The van der Waals surface area contributed by atoms with E-state index in [1.807, 2.05) is 26.0 Å². The standard InChI is InChI=1S/C23H28N6O3/c1-13(2)32-19-8-17-14(10-26-29-17)7-18(19)28-22-20-15-9-23(31-4,11-30-3)6-5-16(15)27-21(20)24-12-25-22/h7-8,10,12-13H,5-6,9,11H2,1-4H3,(H,26,29)(H2,24,25,27,28). The van der Waals surface area contributed by atoms with Gasteiger partial charge in [-0.3, -0.25) is 5.10 Å². The highest BCUT2D eigenvalue weighted by atomic mass is 16.5. The predicted octanol–water partition coefficient (Wildman–Crippen LogP) is 3.89. The number of aryl methyl sites for hydroxylation is 1. The normalized spacial score (nSPS) is 18.4. The maximum Gasteiger partial charge on any atom is 0.145 e. The van der Waals surface area contributed by atoms with Crippen LogP contribution in [0.1, 0.15) is 31.5 Å². The number of hydrogen-bond donors (Lipinski definition) is 3. The van der Waals surface area contributed by atoms with E-state index in [-0.39, 0.29) is 11.7 Å². The lowest BCUT2D eigenvalue weighted by atomic mass is 9.83. The van der Waals surface area contributed by atoms with Gasteiger partial charge in [-0.05, 0) is 38.3 Å². The van der Waals surface area contributed by atoms with Crippen LogP contribution in [-0.2, 0) is 22.3 Å². The van der Waals surface area contributed by atoms with Gasteiger partial charge < -0.3 is 24.5 Å². The molecule has 4 aromatic rings. The summed E-state index contributed by atoms with van der Waals surface area (Å²) in [7, 11) is 3.47. The molecule has 1 aliphatic carbocycles. The number of nitrogens with zero attached hydrogens (tertiary/aromatic N) is 3. The Morgan fingerprint density at radius 1 is 1.22 bits per heavy atom. The number of benzene rings is 1. The molecule has 0 aliphatic heterocycles. The number of H-pyrrole nitrogens is 2. The van der Waals surface area contributed by atoms with Crippen molar-refractivity contribution < 1.29 is 14.2 Å². The third-order valence-electron chi connectivity index (χ3n) is 6.11. The molecule has 3 aromatic heterocycles. The summed E-state index contributed by atoms with van der Waals surface area (Å²) in [4.78, 5) is 12.6. The van der Waals surface area contributed by atoms with Crippen LogP contribution in [0.5, 0.6) is 5.75 Å². The first-order valence-corrected chi connectivity index (χ1v) is 10.8. The molecular formula is C23H28N6O3. The number of aromatic amines is 2. The van der Waals surface area contributed by atoms with Crippen molar-refractivity contribution in [1.82, 2.24) is 25.1 Å². The minimum absolute atomic E-state index is 0.0257. The molecule has 9 heteroatoms. The van der Waals surface area contributed by atoms with Gasteiger partial charge in [0.2, 0.25) is 0 Å². The van der Waals surface area contributed by atoms with E-state index in [1.165, 1.54) is 11.3 Å². The van der Waals surface area contributed by atoms with Crippen LogP contribution in [0.4, 0.5) is 11.5 Å². The second kappa shape index (κ2) is 8.07. The Morgan fingerprint density at radius 2 is 2.09 bits per heavy atom. The molecule has 3 N–H and O–H groups in total. The number of methoxy groups -OCH3 is 2.